The van der Waals surface area contributed by atoms with E-state index < -0.39 is 29.4 Å². The van der Waals surface area contributed by atoms with Gasteiger partial charge in [-0.3, -0.25) is 14.4 Å². The van der Waals surface area contributed by atoms with Gasteiger partial charge in [0.25, 0.3) is 11.8 Å². The van der Waals surface area contributed by atoms with Gasteiger partial charge in [-0.1, -0.05) is 43.3 Å². The molecular weight excluding hydrogens is 428 g/mol. The maximum atomic E-state index is 12.8. The van der Waals surface area contributed by atoms with E-state index in [0.717, 1.165) is 10.4 Å². The summed E-state index contributed by atoms with van der Waals surface area (Å²) in [5, 5.41) is 25.0. The Morgan fingerprint density at radius 2 is 1.75 bits per heavy atom. The first-order valence-corrected chi connectivity index (χ1v) is 11.8. The summed E-state index contributed by atoms with van der Waals surface area (Å²) in [6, 6.07) is 13.4. The van der Waals surface area contributed by atoms with Crippen LogP contribution in [0.4, 0.5) is 0 Å². The van der Waals surface area contributed by atoms with Gasteiger partial charge in [0.1, 0.15) is 5.78 Å². The fraction of sp³-hybridized carbons (Fsp3) is 0.458. The second kappa shape index (κ2) is 10.8. The molecule has 1 aliphatic heterocycles. The number of hydrogen-bond acceptors (Lipinski definition) is 6. The summed E-state index contributed by atoms with van der Waals surface area (Å²) in [6.45, 7) is 2.67. The van der Waals surface area contributed by atoms with Crippen LogP contribution in [0, 0.1) is 0 Å². The summed E-state index contributed by atoms with van der Waals surface area (Å²) in [4.78, 5) is 40.3. The van der Waals surface area contributed by atoms with Gasteiger partial charge in [-0.2, -0.15) is 0 Å². The minimum absolute atomic E-state index is 0.126. The highest BCUT2D eigenvalue weighted by atomic mass is 32.1. The number of hydrogen-bond donors (Lipinski definition) is 3. The molecule has 7 nitrogen and oxygen atoms in total. The Kier molecular flexibility index (Phi) is 8.17. The molecule has 1 aromatic heterocycles. The van der Waals surface area contributed by atoms with Gasteiger partial charge in [0.05, 0.1) is 5.41 Å². The molecule has 2 heterocycles. The number of rotatable bonds is 9. The number of ketones is 1. The van der Waals surface area contributed by atoms with Crippen LogP contribution < -0.4 is 5.32 Å². The lowest BCUT2D eigenvalue weighted by Gasteiger charge is -2.41. The smallest absolute Gasteiger partial charge is 0.254 e. The minimum Gasteiger partial charge on any atom is -0.380 e. The lowest BCUT2D eigenvalue weighted by atomic mass is 9.69. The SMILES string of the molecule is CCC(=O)C1(c2ccccc2)CCN(C(=O)[C@H](O)[C@@H](O)C(=O)NCCc2cccs2)CC1. The van der Waals surface area contributed by atoms with E-state index in [1.54, 1.807) is 11.3 Å². The minimum atomic E-state index is -1.84. The quantitative estimate of drug-likeness (QED) is 0.530. The molecule has 1 fully saturated rings. The predicted octanol–water partition coefficient (Wildman–Crippen LogP) is 1.67. The number of nitrogens with one attached hydrogen (secondary N) is 1. The number of thiophene rings is 1. The van der Waals surface area contributed by atoms with Crippen LogP contribution in [0.15, 0.2) is 47.8 Å². The fourth-order valence-electron chi connectivity index (χ4n) is 4.27. The molecule has 0 saturated carbocycles. The molecule has 172 valence electrons. The van der Waals surface area contributed by atoms with E-state index in [1.807, 2.05) is 54.8 Å². The molecule has 8 heteroatoms. The molecule has 0 aliphatic carbocycles. The van der Waals surface area contributed by atoms with Crippen LogP contribution >= 0.6 is 11.3 Å². The summed E-state index contributed by atoms with van der Waals surface area (Å²) in [6.07, 6.45) is -1.81. The number of Topliss-reactive ketones (excluding diaryl/α,β-unsaturated/α-hetero) is 1. The van der Waals surface area contributed by atoms with Crippen LogP contribution in [0.5, 0.6) is 0 Å². The summed E-state index contributed by atoms with van der Waals surface area (Å²) in [7, 11) is 0. The largest absolute Gasteiger partial charge is 0.380 e. The summed E-state index contributed by atoms with van der Waals surface area (Å²) in [5.74, 6) is -1.35. The van der Waals surface area contributed by atoms with Gasteiger partial charge in [-0.05, 0) is 36.3 Å². The van der Waals surface area contributed by atoms with Crippen molar-refractivity contribution in [2.75, 3.05) is 19.6 Å². The van der Waals surface area contributed by atoms with Gasteiger partial charge in [0.15, 0.2) is 12.2 Å². The molecule has 1 saturated heterocycles. The van der Waals surface area contributed by atoms with Crippen molar-refractivity contribution in [1.82, 2.24) is 10.2 Å². The number of likely N-dealkylation sites (tertiary alicyclic amines) is 1. The normalized spacial score (nSPS) is 17.4. The predicted molar refractivity (Wildman–Crippen MR) is 122 cm³/mol. The Bertz CT molecular complexity index is 908. The third kappa shape index (κ3) is 5.26. The van der Waals surface area contributed by atoms with Crippen LogP contribution in [0.25, 0.3) is 0 Å². The van der Waals surface area contributed by atoms with Crippen LogP contribution in [-0.2, 0) is 26.2 Å². The van der Waals surface area contributed by atoms with Crippen molar-refractivity contribution in [3.63, 3.8) is 0 Å². The highest BCUT2D eigenvalue weighted by Gasteiger charge is 2.44. The molecule has 0 spiro atoms. The highest BCUT2D eigenvalue weighted by molar-refractivity contribution is 7.09. The molecule has 1 aromatic carbocycles. The zero-order chi connectivity index (χ0) is 23.1. The topological polar surface area (TPSA) is 107 Å². The molecule has 0 unspecified atom stereocenters. The Labute approximate surface area is 192 Å². The Balaban J connectivity index is 1.57. The molecule has 3 N–H and O–H groups in total. The number of carbonyl (C=O) groups excluding carboxylic acids is 3. The van der Waals surface area contributed by atoms with E-state index in [9.17, 15) is 24.6 Å². The summed E-state index contributed by atoms with van der Waals surface area (Å²) >= 11 is 1.57. The van der Waals surface area contributed by atoms with Crippen LogP contribution in [0.1, 0.15) is 36.6 Å². The second-order valence-electron chi connectivity index (χ2n) is 8.06. The van der Waals surface area contributed by atoms with Crippen molar-refractivity contribution in [2.24, 2.45) is 0 Å². The Morgan fingerprint density at radius 1 is 1.06 bits per heavy atom. The van der Waals surface area contributed by atoms with Gasteiger partial charge < -0.3 is 20.4 Å². The first kappa shape index (κ1) is 24.1. The lowest BCUT2D eigenvalue weighted by Crippen LogP contribution is -2.55. The molecule has 0 radical (unpaired) electrons. The number of piperidine rings is 1. The van der Waals surface area contributed by atoms with Gasteiger partial charge in [0, 0.05) is 30.9 Å². The number of aliphatic hydroxyl groups is 2. The second-order valence-corrected chi connectivity index (χ2v) is 9.09. The fourth-order valence-corrected chi connectivity index (χ4v) is 4.98. The number of nitrogens with zero attached hydrogens (tertiary/aromatic N) is 1. The molecule has 3 rings (SSSR count). The molecule has 2 aromatic rings. The van der Waals surface area contributed by atoms with Crippen LogP contribution in [-0.4, -0.2) is 64.6 Å². The number of benzene rings is 1. The van der Waals surface area contributed by atoms with Crippen molar-refractivity contribution in [3.8, 4) is 0 Å². The van der Waals surface area contributed by atoms with Crippen LogP contribution in [0.3, 0.4) is 0 Å². The van der Waals surface area contributed by atoms with Gasteiger partial charge in [-0.25, -0.2) is 0 Å². The van der Waals surface area contributed by atoms with E-state index >= 15 is 0 Å². The molecule has 2 atom stereocenters. The van der Waals surface area contributed by atoms with Crippen molar-refractivity contribution in [3.05, 3.63) is 58.3 Å². The van der Waals surface area contributed by atoms with Crippen molar-refractivity contribution >= 4 is 28.9 Å². The van der Waals surface area contributed by atoms with Gasteiger partial charge in [-0.15, -0.1) is 11.3 Å². The number of aliphatic hydroxyl groups excluding tert-OH is 2. The third-order valence-electron chi connectivity index (χ3n) is 6.18. The van der Waals surface area contributed by atoms with Crippen LogP contribution in [0.2, 0.25) is 0 Å². The van der Waals surface area contributed by atoms with E-state index in [4.69, 9.17) is 0 Å². The van der Waals surface area contributed by atoms with E-state index in [-0.39, 0.29) is 18.9 Å². The van der Waals surface area contributed by atoms with E-state index in [1.165, 1.54) is 4.90 Å². The molecule has 0 bridgehead atoms. The maximum Gasteiger partial charge on any atom is 0.254 e. The van der Waals surface area contributed by atoms with Gasteiger partial charge >= 0.3 is 0 Å². The average molecular weight is 459 g/mol. The average Bonchev–Trinajstić information content (AvgIpc) is 3.36. The molecular formula is C24H30N2O5S. The van der Waals surface area contributed by atoms with Crippen molar-refractivity contribution in [2.45, 2.75) is 50.2 Å². The molecule has 1 aliphatic rings. The zero-order valence-corrected chi connectivity index (χ0v) is 19.0. The third-order valence-corrected chi connectivity index (χ3v) is 7.12. The van der Waals surface area contributed by atoms with Gasteiger partial charge in [0.2, 0.25) is 0 Å². The number of amides is 2. The summed E-state index contributed by atoms with van der Waals surface area (Å²) in [5.41, 5.74) is 0.278. The standard InChI is InChI=1S/C24H30N2O5S/c1-2-19(27)24(17-7-4-3-5-8-17)11-14-26(15-12-24)23(31)21(29)20(28)22(30)25-13-10-18-9-6-16-32-18/h3-9,16,20-21,28-29H,2,10-15H2,1H3,(H,25,30)/t20-,21-/m1/s1. The monoisotopic (exact) mass is 458 g/mol. The van der Waals surface area contributed by atoms with E-state index in [2.05, 4.69) is 5.32 Å². The highest BCUT2D eigenvalue weighted by Crippen LogP contribution is 2.37. The van der Waals surface area contributed by atoms with E-state index in [0.29, 0.717) is 32.2 Å². The Hall–Kier alpha value is -2.55. The number of carbonyl (C=O) groups is 3. The zero-order valence-electron chi connectivity index (χ0n) is 18.2. The summed E-state index contributed by atoms with van der Waals surface area (Å²) < 4.78 is 0. The molecule has 2 amide bonds. The first-order chi connectivity index (χ1) is 15.4. The molecule has 32 heavy (non-hydrogen) atoms. The first-order valence-electron chi connectivity index (χ1n) is 10.9. The van der Waals surface area contributed by atoms with Crippen molar-refractivity contribution in [1.29, 1.82) is 0 Å². The Morgan fingerprint density at radius 3 is 2.34 bits per heavy atom. The lowest BCUT2D eigenvalue weighted by molar-refractivity contribution is -0.154. The van der Waals surface area contributed by atoms with Crippen molar-refractivity contribution < 1.29 is 24.6 Å². The maximum absolute atomic E-state index is 12.8.